The van der Waals surface area contributed by atoms with Crippen LogP contribution in [0.4, 0.5) is 0 Å². The van der Waals surface area contributed by atoms with Gasteiger partial charge in [-0.15, -0.1) is 0 Å². The van der Waals surface area contributed by atoms with Gasteiger partial charge >= 0.3 is 0 Å². The maximum absolute atomic E-state index is 5.50. The molecule has 0 heterocycles. The van der Waals surface area contributed by atoms with E-state index >= 15 is 0 Å². The molecule has 1 aromatic carbocycles. The van der Waals surface area contributed by atoms with Gasteiger partial charge in [0.15, 0.2) is 0 Å². The first kappa shape index (κ1) is 10.1. The summed E-state index contributed by atoms with van der Waals surface area (Å²) in [7, 11) is 4.06. The van der Waals surface area contributed by atoms with Crippen molar-refractivity contribution in [1.29, 1.82) is 0 Å². The molecule has 0 fully saturated rings. The fourth-order valence-electron chi connectivity index (χ4n) is 0.932. The molecule has 0 N–H and O–H groups in total. The molecule has 0 aliphatic rings. The van der Waals surface area contributed by atoms with Crippen LogP contribution in [0.25, 0.3) is 0 Å². The third-order valence-electron chi connectivity index (χ3n) is 1.73. The monoisotopic (exact) mass is 178 g/mol. The van der Waals surface area contributed by atoms with Gasteiger partial charge < -0.3 is 9.64 Å². The Labute approximate surface area is 80.1 Å². The van der Waals surface area contributed by atoms with Gasteiger partial charge in [-0.1, -0.05) is 12.1 Å². The lowest BCUT2D eigenvalue weighted by atomic mass is 10.2. The lowest BCUT2D eigenvalue weighted by Crippen LogP contribution is -2.19. The standard InChI is InChI=1S/C11H16NO/c1-10-4-6-11(7-5-10)13-9-8-12(2)3/h4-7H,1,8-9H2,2-3H3. The van der Waals surface area contributed by atoms with Gasteiger partial charge in [0.1, 0.15) is 12.4 Å². The van der Waals surface area contributed by atoms with Crippen molar-refractivity contribution >= 4 is 0 Å². The lowest BCUT2D eigenvalue weighted by Gasteiger charge is -2.10. The molecule has 2 heteroatoms. The fraction of sp³-hybridized carbons (Fsp3) is 0.364. The molecular formula is C11H16NO. The van der Waals surface area contributed by atoms with Crippen molar-refractivity contribution in [3.05, 3.63) is 36.8 Å². The molecule has 0 saturated heterocycles. The summed E-state index contributed by atoms with van der Waals surface area (Å²) >= 11 is 0. The van der Waals surface area contributed by atoms with E-state index in [1.165, 1.54) is 0 Å². The molecule has 0 aliphatic carbocycles. The Balaban J connectivity index is 2.33. The highest BCUT2D eigenvalue weighted by atomic mass is 16.5. The van der Waals surface area contributed by atoms with Crippen molar-refractivity contribution in [3.63, 3.8) is 0 Å². The number of rotatable bonds is 4. The smallest absolute Gasteiger partial charge is 0.119 e. The van der Waals surface area contributed by atoms with Crippen LogP contribution in [0.5, 0.6) is 5.75 Å². The Bertz CT molecular complexity index is 241. The molecule has 0 saturated carbocycles. The van der Waals surface area contributed by atoms with Crippen molar-refractivity contribution in [2.45, 2.75) is 0 Å². The molecule has 71 valence electrons. The molecule has 2 nitrogen and oxygen atoms in total. The molecule has 0 spiro atoms. The zero-order chi connectivity index (χ0) is 9.68. The molecule has 1 rings (SSSR count). The Morgan fingerprint density at radius 1 is 1.23 bits per heavy atom. The molecule has 1 radical (unpaired) electrons. The van der Waals surface area contributed by atoms with E-state index in [1.807, 2.05) is 38.4 Å². The normalized spacial score (nSPS) is 10.5. The van der Waals surface area contributed by atoms with Gasteiger partial charge in [-0.2, -0.15) is 0 Å². The average Bonchev–Trinajstić information content (AvgIpc) is 2.08. The van der Waals surface area contributed by atoms with Crippen LogP contribution in [-0.2, 0) is 0 Å². The minimum Gasteiger partial charge on any atom is -0.492 e. The predicted molar refractivity (Wildman–Crippen MR) is 55.0 cm³/mol. The van der Waals surface area contributed by atoms with E-state index in [0.717, 1.165) is 24.5 Å². The molecule has 13 heavy (non-hydrogen) atoms. The van der Waals surface area contributed by atoms with Gasteiger partial charge in [-0.25, -0.2) is 0 Å². The second-order valence-electron chi connectivity index (χ2n) is 3.30. The third kappa shape index (κ3) is 3.95. The van der Waals surface area contributed by atoms with E-state index in [2.05, 4.69) is 11.8 Å². The van der Waals surface area contributed by atoms with E-state index < -0.39 is 0 Å². The van der Waals surface area contributed by atoms with Crippen LogP contribution in [-0.4, -0.2) is 32.1 Å². The minimum atomic E-state index is 0.726. The van der Waals surface area contributed by atoms with Crippen LogP contribution in [0, 0.1) is 6.92 Å². The summed E-state index contributed by atoms with van der Waals surface area (Å²) in [4.78, 5) is 2.09. The summed E-state index contributed by atoms with van der Waals surface area (Å²) in [6.07, 6.45) is 0. The number of nitrogens with zero attached hydrogens (tertiary/aromatic N) is 1. The number of hydrogen-bond donors (Lipinski definition) is 0. The Kier molecular flexibility index (Phi) is 3.77. The molecule has 1 aromatic rings. The van der Waals surface area contributed by atoms with Gasteiger partial charge in [0, 0.05) is 6.54 Å². The number of likely N-dealkylation sites (N-methyl/N-ethyl adjacent to an activating group) is 1. The summed E-state index contributed by atoms with van der Waals surface area (Å²) < 4.78 is 5.50. The highest BCUT2D eigenvalue weighted by molar-refractivity contribution is 5.28. The van der Waals surface area contributed by atoms with Crippen LogP contribution in [0.3, 0.4) is 0 Å². The number of benzene rings is 1. The second kappa shape index (κ2) is 4.87. The van der Waals surface area contributed by atoms with Gasteiger partial charge in [0.2, 0.25) is 0 Å². The Morgan fingerprint density at radius 2 is 1.85 bits per heavy atom. The van der Waals surface area contributed by atoms with Crippen molar-refractivity contribution < 1.29 is 4.74 Å². The van der Waals surface area contributed by atoms with E-state index in [-0.39, 0.29) is 0 Å². The van der Waals surface area contributed by atoms with E-state index in [1.54, 1.807) is 0 Å². The summed E-state index contributed by atoms with van der Waals surface area (Å²) in [5, 5.41) is 0. The fourth-order valence-corrected chi connectivity index (χ4v) is 0.932. The number of hydrogen-bond acceptors (Lipinski definition) is 2. The van der Waals surface area contributed by atoms with E-state index in [0.29, 0.717) is 0 Å². The molecule has 0 amide bonds. The van der Waals surface area contributed by atoms with E-state index in [4.69, 9.17) is 4.74 Å². The maximum atomic E-state index is 5.50. The highest BCUT2D eigenvalue weighted by Gasteiger charge is 1.93. The van der Waals surface area contributed by atoms with Crippen LogP contribution < -0.4 is 4.74 Å². The van der Waals surface area contributed by atoms with Crippen molar-refractivity contribution in [1.82, 2.24) is 4.90 Å². The van der Waals surface area contributed by atoms with Gasteiger partial charge in [0.05, 0.1) is 0 Å². The van der Waals surface area contributed by atoms with Crippen LogP contribution in [0.2, 0.25) is 0 Å². The first-order valence-electron chi connectivity index (χ1n) is 4.38. The second-order valence-corrected chi connectivity index (χ2v) is 3.30. The van der Waals surface area contributed by atoms with Crippen molar-refractivity contribution in [2.75, 3.05) is 27.2 Å². The topological polar surface area (TPSA) is 12.5 Å². The maximum Gasteiger partial charge on any atom is 0.119 e. The Morgan fingerprint density at radius 3 is 2.38 bits per heavy atom. The summed E-state index contributed by atoms with van der Waals surface area (Å²) in [6, 6.07) is 7.78. The van der Waals surface area contributed by atoms with E-state index in [9.17, 15) is 0 Å². The summed E-state index contributed by atoms with van der Waals surface area (Å²) in [5.41, 5.74) is 1.01. The third-order valence-corrected chi connectivity index (χ3v) is 1.73. The zero-order valence-electron chi connectivity index (χ0n) is 8.29. The largest absolute Gasteiger partial charge is 0.492 e. The molecule has 0 aromatic heterocycles. The lowest BCUT2D eigenvalue weighted by molar-refractivity contribution is 0.261. The molecule has 0 bridgehead atoms. The van der Waals surface area contributed by atoms with Gasteiger partial charge in [-0.05, 0) is 38.7 Å². The minimum absolute atomic E-state index is 0.726. The predicted octanol–water partition coefficient (Wildman–Crippen LogP) is 1.81. The average molecular weight is 178 g/mol. The zero-order valence-corrected chi connectivity index (χ0v) is 8.29. The first-order valence-corrected chi connectivity index (χ1v) is 4.38. The summed E-state index contributed by atoms with van der Waals surface area (Å²) in [5.74, 6) is 0.911. The quantitative estimate of drug-likeness (QED) is 0.697. The SMILES string of the molecule is [CH2]c1ccc(OCCN(C)C)cc1. The Hall–Kier alpha value is -1.02. The number of ether oxygens (including phenoxy) is 1. The van der Waals surface area contributed by atoms with Crippen LogP contribution in [0.1, 0.15) is 5.56 Å². The highest BCUT2D eigenvalue weighted by Crippen LogP contribution is 2.10. The van der Waals surface area contributed by atoms with Crippen molar-refractivity contribution in [3.8, 4) is 5.75 Å². The van der Waals surface area contributed by atoms with Gasteiger partial charge in [0.25, 0.3) is 0 Å². The van der Waals surface area contributed by atoms with Crippen molar-refractivity contribution in [2.24, 2.45) is 0 Å². The van der Waals surface area contributed by atoms with Crippen LogP contribution in [0.15, 0.2) is 24.3 Å². The first-order chi connectivity index (χ1) is 6.18. The summed E-state index contributed by atoms with van der Waals surface area (Å²) in [6.45, 7) is 5.47. The molecule has 0 aliphatic heterocycles. The van der Waals surface area contributed by atoms with Crippen LogP contribution >= 0.6 is 0 Å². The van der Waals surface area contributed by atoms with Gasteiger partial charge in [-0.3, -0.25) is 0 Å². The molecular weight excluding hydrogens is 162 g/mol. The molecule has 0 atom stereocenters. The molecule has 0 unspecified atom stereocenters.